The molecule has 4 heteroatoms. The summed E-state index contributed by atoms with van der Waals surface area (Å²) in [6.07, 6.45) is 2.46. The summed E-state index contributed by atoms with van der Waals surface area (Å²) < 4.78 is 15.5. The molecule has 1 unspecified atom stereocenters. The smallest absolute Gasteiger partial charge is 0.201 e. The van der Waals surface area contributed by atoms with Crippen molar-refractivity contribution in [2.45, 2.75) is 25.8 Å². The van der Waals surface area contributed by atoms with Gasteiger partial charge in [-0.2, -0.15) is 0 Å². The van der Waals surface area contributed by atoms with E-state index in [9.17, 15) is 4.39 Å². The van der Waals surface area contributed by atoms with Gasteiger partial charge in [0, 0.05) is 6.04 Å². The van der Waals surface area contributed by atoms with E-state index in [-0.39, 0.29) is 5.82 Å². The van der Waals surface area contributed by atoms with Crippen molar-refractivity contribution in [1.29, 1.82) is 0 Å². The molecule has 16 heavy (non-hydrogen) atoms. The third kappa shape index (κ3) is 1.29. The number of anilines is 1. The van der Waals surface area contributed by atoms with Gasteiger partial charge in [-0.25, -0.2) is 9.37 Å². The number of fused-ring (bicyclic) bond motifs is 1. The topological polar surface area (TPSA) is 43.8 Å². The highest BCUT2D eigenvalue weighted by Crippen LogP contribution is 2.41. The van der Waals surface area contributed by atoms with Crippen molar-refractivity contribution in [2.24, 2.45) is 5.92 Å². The summed E-state index contributed by atoms with van der Waals surface area (Å²) in [7, 11) is 0. The molecule has 84 valence electrons. The van der Waals surface area contributed by atoms with Crippen LogP contribution in [0.15, 0.2) is 18.2 Å². The Morgan fingerprint density at radius 2 is 2.25 bits per heavy atom. The lowest BCUT2D eigenvalue weighted by Crippen LogP contribution is -2.10. The summed E-state index contributed by atoms with van der Waals surface area (Å²) in [6, 6.07) is 5.31. The standard InChI is InChI=1S/C12H14FN3/c1-7(8-5-6-8)16-10-4-2-3-9(13)11(10)15-12(16)14/h2-4,7-8H,5-6H2,1H3,(H2,14,15). The van der Waals surface area contributed by atoms with Crippen LogP contribution in [0, 0.1) is 11.7 Å². The number of benzene rings is 1. The Balaban J connectivity index is 2.22. The summed E-state index contributed by atoms with van der Waals surface area (Å²) in [6.45, 7) is 2.13. The van der Waals surface area contributed by atoms with E-state index in [1.165, 1.54) is 18.9 Å². The van der Waals surface area contributed by atoms with Gasteiger partial charge >= 0.3 is 0 Å². The van der Waals surface area contributed by atoms with Crippen LogP contribution < -0.4 is 5.73 Å². The zero-order chi connectivity index (χ0) is 11.3. The molecule has 0 amide bonds. The molecule has 1 atom stereocenters. The average molecular weight is 219 g/mol. The van der Waals surface area contributed by atoms with Gasteiger partial charge in [0.1, 0.15) is 5.52 Å². The second kappa shape index (κ2) is 3.20. The molecule has 1 saturated carbocycles. The Hall–Kier alpha value is -1.58. The van der Waals surface area contributed by atoms with E-state index in [2.05, 4.69) is 11.9 Å². The quantitative estimate of drug-likeness (QED) is 0.844. The van der Waals surface area contributed by atoms with Gasteiger partial charge in [-0.15, -0.1) is 0 Å². The first-order valence-corrected chi connectivity index (χ1v) is 5.60. The minimum Gasteiger partial charge on any atom is -0.369 e. The zero-order valence-electron chi connectivity index (χ0n) is 9.15. The van der Waals surface area contributed by atoms with Crippen molar-refractivity contribution in [1.82, 2.24) is 9.55 Å². The van der Waals surface area contributed by atoms with Gasteiger partial charge in [-0.1, -0.05) is 6.07 Å². The molecule has 0 radical (unpaired) electrons. The molecule has 1 aromatic heterocycles. The van der Waals surface area contributed by atoms with E-state index < -0.39 is 0 Å². The van der Waals surface area contributed by atoms with Crippen LogP contribution in [-0.4, -0.2) is 9.55 Å². The molecule has 1 aliphatic carbocycles. The molecular weight excluding hydrogens is 205 g/mol. The predicted octanol–water partition coefficient (Wildman–Crippen LogP) is 2.73. The van der Waals surface area contributed by atoms with E-state index in [0.29, 0.717) is 23.4 Å². The zero-order valence-corrected chi connectivity index (χ0v) is 9.15. The third-order valence-corrected chi connectivity index (χ3v) is 3.41. The van der Waals surface area contributed by atoms with Crippen molar-refractivity contribution in [2.75, 3.05) is 5.73 Å². The predicted molar refractivity (Wildman–Crippen MR) is 61.5 cm³/mol. The second-order valence-electron chi connectivity index (χ2n) is 4.53. The maximum Gasteiger partial charge on any atom is 0.201 e. The normalized spacial score (nSPS) is 17.9. The Kier molecular flexibility index (Phi) is 1.93. The van der Waals surface area contributed by atoms with Crippen molar-refractivity contribution in [3.05, 3.63) is 24.0 Å². The maximum absolute atomic E-state index is 13.5. The Morgan fingerprint density at radius 3 is 2.94 bits per heavy atom. The largest absolute Gasteiger partial charge is 0.369 e. The fraction of sp³-hybridized carbons (Fsp3) is 0.417. The number of hydrogen-bond acceptors (Lipinski definition) is 2. The molecule has 3 rings (SSSR count). The minimum atomic E-state index is -0.300. The average Bonchev–Trinajstić information content (AvgIpc) is 3.02. The van der Waals surface area contributed by atoms with E-state index in [1.807, 2.05) is 10.6 Å². The van der Waals surface area contributed by atoms with Crippen LogP contribution >= 0.6 is 0 Å². The molecule has 0 aliphatic heterocycles. The van der Waals surface area contributed by atoms with Gasteiger partial charge in [-0.3, -0.25) is 0 Å². The van der Waals surface area contributed by atoms with Crippen LogP contribution in [0.1, 0.15) is 25.8 Å². The molecule has 0 spiro atoms. The fourth-order valence-corrected chi connectivity index (χ4v) is 2.32. The molecule has 1 heterocycles. The van der Waals surface area contributed by atoms with Crippen molar-refractivity contribution < 1.29 is 4.39 Å². The molecule has 1 aromatic carbocycles. The van der Waals surface area contributed by atoms with Crippen LogP contribution in [0.2, 0.25) is 0 Å². The molecule has 1 aliphatic rings. The molecule has 1 fully saturated rings. The first-order chi connectivity index (χ1) is 7.68. The Morgan fingerprint density at radius 1 is 1.50 bits per heavy atom. The third-order valence-electron chi connectivity index (χ3n) is 3.41. The van der Waals surface area contributed by atoms with Crippen LogP contribution in [0.5, 0.6) is 0 Å². The number of para-hydroxylation sites is 1. The van der Waals surface area contributed by atoms with E-state index >= 15 is 0 Å². The lowest BCUT2D eigenvalue weighted by Gasteiger charge is -2.14. The summed E-state index contributed by atoms with van der Waals surface area (Å²) in [4.78, 5) is 4.11. The second-order valence-corrected chi connectivity index (χ2v) is 4.53. The van der Waals surface area contributed by atoms with Crippen molar-refractivity contribution in [3.8, 4) is 0 Å². The number of hydrogen-bond donors (Lipinski definition) is 1. The van der Waals surface area contributed by atoms with Crippen LogP contribution in [0.25, 0.3) is 11.0 Å². The van der Waals surface area contributed by atoms with Crippen molar-refractivity contribution in [3.63, 3.8) is 0 Å². The molecule has 0 saturated heterocycles. The minimum absolute atomic E-state index is 0.300. The maximum atomic E-state index is 13.5. The number of imidazole rings is 1. The molecular formula is C12H14FN3. The molecule has 2 N–H and O–H groups in total. The van der Waals surface area contributed by atoms with E-state index in [0.717, 1.165) is 5.52 Å². The molecule has 0 bridgehead atoms. The van der Waals surface area contributed by atoms with Gasteiger partial charge in [0.15, 0.2) is 5.82 Å². The van der Waals surface area contributed by atoms with Gasteiger partial charge in [0.05, 0.1) is 5.52 Å². The molecule has 3 nitrogen and oxygen atoms in total. The highest BCUT2D eigenvalue weighted by molar-refractivity contribution is 5.79. The van der Waals surface area contributed by atoms with Gasteiger partial charge < -0.3 is 10.3 Å². The number of nitrogens with zero attached hydrogens (tertiary/aromatic N) is 2. The summed E-state index contributed by atoms with van der Waals surface area (Å²) in [5.41, 5.74) is 7.06. The number of nitrogens with two attached hydrogens (primary N) is 1. The Bertz CT molecular complexity index is 542. The van der Waals surface area contributed by atoms with Crippen LogP contribution in [0.4, 0.5) is 10.3 Å². The van der Waals surface area contributed by atoms with Crippen LogP contribution in [0.3, 0.4) is 0 Å². The summed E-state index contributed by atoms with van der Waals surface area (Å²) in [5, 5.41) is 0. The van der Waals surface area contributed by atoms with Gasteiger partial charge in [0.2, 0.25) is 5.95 Å². The first-order valence-electron chi connectivity index (χ1n) is 5.60. The monoisotopic (exact) mass is 219 g/mol. The SMILES string of the molecule is CC(C1CC1)n1c(N)nc2c(F)cccc21. The van der Waals surface area contributed by atoms with E-state index in [4.69, 9.17) is 5.73 Å². The summed E-state index contributed by atoms with van der Waals surface area (Å²) in [5.74, 6) is 0.786. The fourth-order valence-electron chi connectivity index (χ4n) is 2.32. The number of nitrogen functional groups attached to an aromatic ring is 1. The van der Waals surface area contributed by atoms with Crippen molar-refractivity contribution >= 4 is 17.0 Å². The van der Waals surface area contributed by atoms with Gasteiger partial charge in [-0.05, 0) is 37.8 Å². The Labute approximate surface area is 93.1 Å². The number of rotatable bonds is 2. The number of halogens is 1. The highest BCUT2D eigenvalue weighted by Gasteiger charge is 2.31. The summed E-state index contributed by atoms with van der Waals surface area (Å²) >= 11 is 0. The lowest BCUT2D eigenvalue weighted by atomic mass is 10.2. The van der Waals surface area contributed by atoms with Gasteiger partial charge in [0.25, 0.3) is 0 Å². The van der Waals surface area contributed by atoms with Crippen LogP contribution in [-0.2, 0) is 0 Å². The number of aromatic nitrogens is 2. The molecule has 2 aromatic rings. The van der Waals surface area contributed by atoms with E-state index in [1.54, 1.807) is 6.07 Å². The first kappa shape index (κ1) is 9.63. The lowest BCUT2D eigenvalue weighted by molar-refractivity contribution is 0.504. The highest BCUT2D eigenvalue weighted by atomic mass is 19.1.